The summed E-state index contributed by atoms with van der Waals surface area (Å²) in [7, 11) is 4.67. The molecule has 4 rings (SSSR count). The molecule has 2 atom stereocenters. The van der Waals surface area contributed by atoms with Gasteiger partial charge in [-0.3, -0.25) is 4.79 Å². The molecule has 1 aromatic carbocycles. The molecule has 0 bridgehead atoms. The summed E-state index contributed by atoms with van der Waals surface area (Å²) in [4.78, 5) is 19.5. The number of piperidine rings is 1. The highest BCUT2D eigenvalue weighted by Crippen LogP contribution is 2.52. The van der Waals surface area contributed by atoms with Crippen LogP contribution in [0.15, 0.2) is 16.7 Å². The fraction of sp³-hybridized carbons (Fsp3) is 0.625. The van der Waals surface area contributed by atoms with Crippen molar-refractivity contribution in [1.29, 1.82) is 0 Å². The molecular formula is C24H33F2N5O4. The lowest BCUT2D eigenvalue weighted by Gasteiger charge is -2.34. The van der Waals surface area contributed by atoms with Crippen LogP contribution in [0.5, 0.6) is 5.75 Å². The first-order valence-electron chi connectivity index (χ1n) is 11.9. The minimum absolute atomic E-state index is 0.116. The van der Waals surface area contributed by atoms with E-state index in [0.717, 1.165) is 44.5 Å². The zero-order valence-electron chi connectivity index (χ0n) is 20.4. The highest BCUT2D eigenvalue weighted by Gasteiger charge is 2.55. The zero-order valence-corrected chi connectivity index (χ0v) is 20.4. The van der Waals surface area contributed by atoms with Gasteiger partial charge in [-0.1, -0.05) is 5.16 Å². The van der Waals surface area contributed by atoms with Crippen LogP contribution in [-0.2, 0) is 22.6 Å². The molecule has 35 heavy (non-hydrogen) atoms. The highest BCUT2D eigenvalue weighted by atomic mass is 19.1. The smallest absolute Gasteiger partial charge is 0.324 e. The van der Waals surface area contributed by atoms with Gasteiger partial charge in [-0.25, -0.2) is 8.78 Å². The normalized spacial score (nSPS) is 22.3. The summed E-state index contributed by atoms with van der Waals surface area (Å²) in [5.74, 6) is -0.600. The average molecular weight is 494 g/mol. The molecule has 2 N–H and O–H groups in total. The second-order valence-electron chi connectivity index (χ2n) is 9.67. The summed E-state index contributed by atoms with van der Waals surface area (Å²) in [5, 5.41) is 3.91. The summed E-state index contributed by atoms with van der Waals surface area (Å²) in [6.45, 7) is 2.22. The van der Waals surface area contributed by atoms with Gasteiger partial charge in [0.1, 0.15) is 24.0 Å². The molecular weight excluding hydrogens is 460 g/mol. The van der Waals surface area contributed by atoms with Gasteiger partial charge in [0, 0.05) is 57.5 Å². The minimum Gasteiger partial charge on any atom is -0.493 e. The van der Waals surface area contributed by atoms with Crippen molar-refractivity contribution in [1.82, 2.24) is 15.0 Å². The molecule has 2 aliphatic rings. The number of halogens is 2. The third-order valence-corrected chi connectivity index (χ3v) is 7.13. The first-order valence-corrected chi connectivity index (χ1v) is 11.9. The van der Waals surface area contributed by atoms with E-state index in [9.17, 15) is 13.6 Å². The second-order valence-corrected chi connectivity index (χ2v) is 9.67. The lowest BCUT2D eigenvalue weighted by Crippen LogP contribution is -2.44. The van der Waals surface area contributed by atoms with Crippen molar-refractivity contribution in [2.75, 3.05) is 45.8 Å². The van der Waals surface area contributed by atoms with Crippen molar-refractivity contribution < 1.29 is 27.6 Å². The van der Waals surface area contributed by atoms with E-state index in [-0.39, 0.29) is 29.2 Å². The predicted octanol–water partition coefficient (Wildman–Crippen LogP) is 2.53. The lowest BCUT2D eigenvalue weighted by atomic mass is 9.86. The summed E-state index contributed by atoms with van der Waals surface area (Å²) >= 11 is 0. The molecule has 2 aromatic rings. The van der Waals surface area contributed by atoms with Gasteiger partial charge in [0.15, 0.2) is 5.82 Å². The molecule has 0 spiro atoms. The number of aromatic nitrogens is 2. The molecule has 1 saturated heterocycles. The second kappa shape index (κ2) is 10.4. The third kappa shape index (κ3) is 5.72. The fourth-order valence-electron chi connectivity index (χ4n) is 4.87. The van der Waals surface area contributed by atoms with Gasteiger partial charge < -0.3 is 29.5 Å². The van der Waals surface area contributed by atoms with Crippen molar-refractivity contribution in [2.24, 2.45) is 17.6 Å². The molecule has 2 heterocycles. The number of nitrogens with zero attached hydrogens (tertiary/aromatic N) is 4. The van der Waals surface area contributed by atoms with Crippen molar-refractivity contribution >= 4 is 11.9 Å². The largest absolute Gasteiger partial charge is 0.493 e. The topological polar surface area (TPSA) is 107 Å². The molecule has 11 heteroatoms. The van der Waals surface area contributed by atoms with E-state index < -0.39 is 11.6 Å². The van der Waals surface area contributed by atoms with Crippen molar-refractivity contribution in [3.63, 3.8) is 0 Å². The standard InChI is InChI=1S/C24H33F2N5O4/c1-30(2)22(32)12-18-19(25)10-17(11-20(18)26)34-9-6-16-13-24(16,27)15-4-7-31(8-5-15)23-28-21(14-33-3)29-35-23/h10-11,15-16H,4-9,12-14,27H2,1-3H3. The van der Waals surface area contributed by atoms with Crippen LogP contribution < -0.4 is 15.4 Å². The van der Waals surface area contributed by atoms with E-state index in [1.54, 1.807) is 21.2 Å². The Hall–Kier alpha value is -2.79. The zero-order chi connectivity index (χ0) is 25.2. The van der Waals surface area contributed by atoms with Crippen molar-refractivity contribution in [3.8, 4) is 5.75 Å². The number of carbonyl (C=O) groups is 1. The number of anilines is 1. The highest BCUT2D eigenvalue weighted by molar-refractivity contribution is 5.78. The number of carbonyl (C=O) groups excluding carboxylic acids is 1. The Morgan fingerprint density at radius 3 is 2.60 bits per heavy atom. The van der Waals surface area contributed by atoms with Crippen LogP contribution in [0.2, 0.25) is 0 Å². The summed E-state index contributed by atoms with van der Waals surface area (Å²) in [5.41, 5.74) is 6.23. The van der Waals surface area contributed by atoms with Gasteiger partial charge in [-0.2, -0.15) is 4.98 Å². The van der Waals surface area contributed by atoms with Crippen LogP contribution in [0.4, 0.5) is 14.8 Å². The summed E-state index contributed by atoms with van der Waals surface area (Å²) < 4.78 is 44.7. The SMILES string of the molecule is COCc1noc(N2CCC(C3(N)CC3CCOc3cc(F)c(CC(=O)N(C)C)c(F)c3)CC2)n1. The van der Waals surface area contributed by atoms with Gasteiger partial charge >= 0.3 is 6.01 Å². The van der Waals surface area contributed by atoms with E-state index in [1.165, 1.54) is 4.90 Å². The number of hydrogen-bond donors (Lipinski definition) is 1. The van der Waals surface area contributed by atoms with Crippen LogP contribution in [0.3, 0.4) is 0 Å². The number of ether oxygens (including phenoxy) is 2. The average Bonchev–Trinajstić information content (AvgIpc) is 3.25. The quantitative estimate of drug-likeness (QED) is 0.538. The number of benzene rings is 1. The summed E-state index contributed by atoms with van der Waals surface area (Å²) in [6, 6.07) is 2.78. The molecule has 1 aliphatic heterocycles. The Labute approximate surface area is 203 Å². The van der Waals surface area contributed by atoms with Gasteiger partial charge in [0.25, 0.3) is 0 Å². The van der Waals surface area contributed by atoms with Gasteiger partial charge in [-0.15, -0.1) is 0 Å². The first-order chi connectivity index (χ1) is 16.7. The van der Waals surface area contributed by atoms with E-state index in [0.29, 0.717) is 43.3 Å². The Kier molecular flexibility index (Phi) is 7.56. The van der Waals surface area contributed by atoms with E-state index in [4.69, 9.17) is 19.7 Å². The fourth-order valence-corrected chi connectivity index (χ4v) is 4.87. The number of rotatable bonds is 10. The van der Waals surface area contributed by atoms with Crippen molar-refractivity contribution in [2.45, 2.75) is 44.2 Å². The van der Waals surface area contributed by atoms with Crippen LogP contribution in [0, 0.1) is 23.5 Å². The first kappa shape index (κ1) is 25.3. The summed E-state index contributed by atoms with van der Waals surface area (Å²) in [6.07, 6.45) is 3.15. The van der Waals surface area contributed by atoms with E-state index in [1.807, 2.05) is 0 Å². The van der Waals surface area contributed by atoms with E-state index in [2.05, 4.69) is 15.0 Å². The maximum Gasteiger partial charge on any atom is 0.324 e. The molecule has 1 amide bonds. The van der Waals surface area contributed by atoms with Gasteiger partial charge in [0.2, 0.25) is 5.91 Å². The van der Waals surface area contributed by atoms with Gasteiger partial charge in [-0.05, 0) is 37.5 Å². The number of methoxy groups -OCH3 is 1. The molecule has 1 aromatic heterocycles. The molecule has 0 radical (unpaired) electrons. The maximum atomic E-state index is 14.4. The minimum atomic E-state index is -0.780. The third-order valence-electron chi connectivity index (χ3n) is 7.13. The molecule has 2 unspecified atom stereocenters. The number of amides is 1. The van der Waals surface area contributed by atoms with Crippen molar-refractivity contribution in [3.05, 3.63) is 35.2 Å². The monoisotopic (exact) mass is 493 g/mol. The Balaban J connectivity index is 1.23. The molecule has 1 aliphatic carbocycles. The Morgan fingerprint density at radius 2 is 1.97 bits per heavy atom. The predicted molar refractivity (Wildman–Crippen MR) is 124 cm³/mol. The number of hydrogen-bond acceptors (Lipinski definition) is 8. The number of likely N-dealkylation sites (N-methyl/N-ethyl adjacent to an activating group) is 1. The molecule has 2 fully saturated rings. The van der Waals surface area contributed by atoms with Crippen LogP contribution in [0.25, 0.3) is 0 Å². The maximum absolute atomic E-state index is 14.4. The lowest BCUT2D eigenvalue weighted by molar-refractivity contribution is -0.128. The molecule has 1 saturated carbocycles. The Morgan fingerprint density at radius 1 is 1.29 bits per heavy atom. The molecule has 192 valence electrons. The Bertz CT molecular complexity index is 1020. The van der Waals surface area contributed by atoms with E-state index >= 15 is 0 Å². The van der Waals surface area contributed by atoms with Crippen LogP contribution >= 0.6 is 0 Å². The van der Waals surface area contributed by atoms with Crippen LogP contribution in [0.1, 0.15) is 37.1 Å². The van der Waals surface area contributed by atoms with Crippen LogP contribution in [-0.4, -0.2) is 67.4 Å². The van der Waals surface area contributed by atoms with Gasteiger partial charge in [0.05, 0.1) is 13.0 Å². The molecule has 9 nitrogen and oxygen atoms in total. The number of nitrogens with two attached hydrogens (primary N) is 1.